The molecule has 2 fully saturated rings. The van der Waals surface area contributed by atoms with Crippen LogP contribution >= 0.6 is 24.0 Å². The number of nitrogens with zero attached hydrogens (tertiary/aromatic N) is 3. The van der Waals surface area contributed by atoms with Gasteiger partial charge in [-0.05, 0) is 52.6 Å². The third kappa shape index (κ3) is 6.51. The summed E-state index contributed by atoms with van der Waals surface area (Å²) in [7, 11) is -3.02. The van der Waals surface area contributed by atoms with E-state index < -0.39 is 14.6 Å². The molecule has 0 aliphatic carbocycles. The zero-order valence-corrected chi connectivity index (χ0v) is 20.0. The predicted octanol–water partition coefficient (Wildman–Crippen LogP) is 2.20. The first kappa shape index (κ1) is 23.9. The number of rotatable bonds is 5. The average molecular weight is 500 g/mol. The lowest BCUT2D eigenvalue weighted by Crippen LogP contribution is -2.57. The van der Waals surface area contributed by atoms with E-state index in [2.05, 4.69) is 29.0 Å². The molecule has 0 aromatic rings. The molecule has 2 aliphatic heterocycles. The molecule has 1 N–H and O–H groups in total. The molecule has 1 atom stereocenters. The second-order valence-corrected chi connectivity index (χ2v) is 10.9. The van der Waals surface area contributed by atoms with Gasteiger partial charge in [0.05, 0.1) is 10.5 Å². The minimum Gasteiger partial charge on any atom is -0.357 e. The number of halogens is 1. The number of piperidine rings is 1. The Kier molecular flexibility index (Phi) is 9.63. The molecule has 0 aromatic carbocycles. The summed E-state index contributed by atoms with van der Waals surface area (Å²) in [6, 6.07) is 0. The molecule has 26 heavy (non-hydrogen) atoms. The maximum absolute atomic E-state index is 12.2. The van der Waals surface area contributed by atoms with Crippen LogP contribution in [0.2, 0.25) is 0 Å². The fourth-order valence-electron chi connectivity index (χ4n) is 3.63. The van der Waals surface area contributed by atoms with E-state index in [0.717, 1.165) is 25.6 Å². The molecule has 2 rings (SSSR count). The summed E-state index contributed by atoms with van der Waals surface area (Å²) in [5.41, 5.74) is 0. The predicted molar refractivity (Wildman–Crippen MR) is 120 cm³/mol. The average Bonchev–Trinajstić information content (AvgIpc) is 2.55. The highest BCUT2D eigenvalue weighted by atomic mass is 127. The van der Waals surface area contributed by atoms with Crippen molar-refractivity contribution in [2.45, 2.75) is 51.7 Å². The third-order valence-corrected chi connectivity index (χ3v) is 7.78. The van der Waals surface area contributed by atoms with Crippen molar-refractivity contribution in [3.8, 4) is 0 Å². The Bertz CT molecular complexity index is 560. The van der Waals surface area contributed by atoms with E-state index in [1.807, 2.05) is 13.8 Å². The molecular formula is C18H37IN4O2S. The zero-order chi connectivity index (χ0) is 18.5. The number of likely N-dealkylation sites (tertiary alicyclic amines) is 1. The lowest BCUT2D eigenvalue weighted by molar-refractivity contribution is 0.202. The zero-order valence-electron chi connectivity index (χ0n) is 16.8. The number of hydrogen-bond donors (Lipinski definition) is 1. The topological polar surface area (TPSA) is 65.0 Å². The van der Waals surface area contributed by atoms with Crippen LogP contribution in [0, 0.1) is 5.92 Å². The molecule has 0 saturated carbocycles. The summed E-state index contributed by atoms with van der Waals surface area (Å²) in [4.78, 5) is 9.48. The van der Waals surface area contributed by atoms with Gasteiger partial charge >= 0.3 is 0 Å². The fourth-order valence-corrected chi connectivity index (χ4v) is 5.00. The molecule has 0 spiro atoms. The van der Waals surface area contributed by atoms with Gasteiger partial charge in [-0.25, -0.2) is 8.42 Å². The third-order valence-electron chi connectivity index (χ3n) is 5.25. The van der Waals surface area contributed by atoms with Crippen molar-refractivity contribution >= 4 is 39.8 Å². The molecule has 154 valence electrons. The van der Waals surface area contributed by atoms with E-state index in [1.165, 1.54) is 32.4 Å². The SMILES string of the molecule is CCNC(=NCC(C)CN1CCCCC1)N1CCS(=O)(=O)C(C)(C)C1.I. The number of sulfone groups is 1. The Morgan fingerprint density at radius 1 is 1.19 bits per heavy atom. The monoisotopic (exact) mass is 500 g/mol. The maximum atomic E-state index is 12.2. The van der Waals surface area contributed by atoms with Gasteiger partial charge in [-0.3, -0.25) is 4.99 Å². The molecule has 8 heteroatoms. The number of nitrogens with one attached hydrogen (secondary N) is 1. The molecule has 2 saturated heterocycles. The van der Waals surface area contributed by atoms with E-state index in [9.17, 15) is 8.42 Å². The summed E-state index contributed by atoms with van der Waals surface area (Å²) in [5, 5.41) is 3.34. The quantitative estimate of drug-likeness (QED) is 0.356. The first-order valence-corrected chi connectivity index (χ1v) is 11.4. The van der Waals surface area contributed by atoms with Gasteiger partial charge in [0.2, 0.25) is 0 Å². The van der Waals surface area contributed by atoms with Gasteiger partial charge in [0, 0.05) is 32.7 Å². The van der Waals surface area contributed by atoms with E-state index >= 15 is 0 Å². The van der Waals surface area contributed by atoms with Gasteiger partial charge in [0.25, 0.3) is 0 Å². The summed E-state index contributed by atoms with van der Waals surface area (Å²) >= 11 is 0. The highest BCUT2D eigenvalue weighted by Gasteiger charge is 2.40. The van der Waals surface area contributed by atoms with E-state index in [0.29, 0.717) is 19.0 Å². The van der Waals surface area contributed by atoms with E-state index in [-0.39, 0.29) is 29.7 Å². The Balaban J connectivity index is 0.00000338. The highest BCUT2D eigenvalue weighted by Crippen LogP contribution is 2.23. The van der Waals surface area contributed by atoms with Crippen molar-refractivity contribution in [2.75, 3.05) is 51.6 Å². The van der Waals surface area contributed by atoms with Gasteiger partial charge in [0.15, 0.2) is 15.8 Å². The van der Waals surface area contributed by atoms with Crippen LogP contribution in [0.4, 0.5) is 0 Å². The van der Waals surface area contributed by atoms with Crippen LogP contribution in [0.15, 0.2) is 4.99 Å². The lowest BCUT2D eigenvalue weighted by Gasteiger charge is -2.39. The fraction of sp³-hybridized carbons (Fsp3) is 0.944. The van der Waals surface area contributed by atoms with Crippen LogP contribution in [0.1, 0.15) is 47.0 Å². The Morgan fingerprint density at radius 2 is 1.85 bits per heavy atom. The van der Waals surface area contributed by atoms with Crippen LogP contribution in [-0.2, 0) is 9.84 Å². The molecule has 0 radical (unpaired) electrons. The molecule has 0 aromatic heterocycles. The van der Waals surface area contributed by atoms with Gasteiger partial charge in [0.1, 0.15) is 0 Å². The smallest absolute Gasteiger partial charge is 0.194 e. The lowest BCUT2D eigenvalue weighted by atomic mass is 10.1. The Labute approximate surface area is 177 Å². The van der Waals surface area contributed by atoms with Crippen molar-refractivity contribution in [3.05, 3.63) is 0 Å². The Morgan fingerprint density at radius 3 is 2.42 bits per heavy atom. The largest absolute Gasteiger partial charge is 0.357 e. The molecule has 2 aliphatic rings. The van der Waals surface area contributed by atoms with Gasteiger partial charge in [-0.15, -0.1) is 24.0 Å². The van der Waals surface area contributed by atoms with Gasteiger partial charge in [-0.2, -0.15) is 0 Å². The van der Waals surface area contributed by atoms with E-state index in [1.54, 1.807) is 0 Å². The minimum absolute atomic E-state index is 0. The summed E-state index contributed by atoms with van der Waals surface area (Å²) in [5.74, 6) is 1.57. The van der Waals surface area contributed by atoms with Crippen molar-refractivity contribution in [1.82, 2.24) is 15.1 Å². The molecular weight excluding hydrogens is 463 g/mol. The van der Waals surface area contributed by atoms with Gasteiger partial charge in [-0.1, -0.05) is 13.3 Å². The van der Waals surface area contributed by atoms with Crippen molar-refractivity contribution in [3.63, 3.8) is 0 Å². The normalized spacial score (nSPS) is 24.6. The molecule has 2 heterocycles. The van der Waals surface area contributed by atoms with E-state index in [4.69, 9.17) is 4.99 Å². The van der Waals surface area contributed by atoms with Crippen LogP contribution in [0.3, 0.4) is 0 Å². The van der Waals surface area contributed by atoms with Crippen molar-refractivity contribution in [1.29, 1.82) is 0 Å². The first-order chi connectivity index (χ1) is 11.7. The van der Waals surface area contributed by atoms with Crippen LogP contribution in [-0.4, -0.2) is 80.5 Å². The maximum Gasteiger partial charge on any atom is 0.194 e. The molecule has 1 unspecified atom stereocenters. The van der Waals surface area contributed by atoms with Crippen LogP contribution < -0.4 is 5.32 Å². The van der Waals surface area contributed by atoms with Crippen molar-refractivity contribution in [2.24, 2.45) is 10.9 Å². The van der Waals surface area contributed by atoms with Crippen LogP contribution in [0.25, 0.3) is 0 Å². The standard InChI is InChI=1S/C18H36N4O2S.HI/c1-5-19-17(22-11-12-25(23,24)18(3,4)15-22)20-13-16(2)14-21-9-7-6-8-10-21;/h16H,5-15H2,1-4H3,(H,19,20);1H. The Hall–Kier alpha value is -0.0900. The van der Waals surface area contributed by atoms with Gasteiger partial charge < -0.3 is 15.1 Å². The van der Waals surface area contributed by atoms with Crippen molar-refractivity contribution < 1.29 is 8.42 Å². The second kappa shape index (κ2) is 10.5. The molecule has 0 bridgehead atoms. The number of hydrogen-bond acceptors (Lipinski definition) is 4. The molecule has 6 nitrogen and oxygen atoms in total. The second-order valence-electron chi connectivity index (χ2n) is 8.16. The molecule has 0 amide bonds. The minimum atomic E-state index is -3.02. The highest BCUT2D eigenvalue weighted by molar-refractivity contribution is 14.0. The number of guanidine groups is 1. The van der Waals surface area contributed by atoms with Crippen LogP contribution in [0.5, 0.6) is 0 Å². The number of aliphatic imine (C=N–C) groups is 1. The summed E-state index contributed by atoms with van der Waals surface area (Å²) in [6.07, 6.45) is 3.99. The first-order valence-electron chi connectivity index (χ1n) is 9.73. The summed E-state index contributed by atoms with van der Waals surface area (Å²) < 4.78 is 23.7. The summed E-state index contributed by atoms with van der Waals surface area (Å²) in [6.45, 7) is 14.1.